The number of allylic oxidation sites excluding steroid dienone is 4. The zero-order valence-electron chi connectivity index (χ0n) is 17.6. The van der Waals surface area contributed by atoms with E-state index in [4.69, 9.17) is 0 Å². The lowest BCUT2D eigenvalue weighted by atomic mass is 9.95. The second kappa shape index (κ2) is 8.72. The van der Waals surface area contributed by atoms with Crippen molar-refractivity contribution in [2.24, 2.45) is 5.41 Å². The quantitative estimate of drug-likeness (QED) is 0.241. The molecule has 1 aliphatic rings. The largest absolute Gasteiger partial charge is 0.132 e. The smallest absolute Gasteiger partial charge is 0.129 e. The van der Waals surface area contributed by atoms with Crippen LogP contribution in [0.25, 0.3) is 0 Å². The van der Waals surface area contributed by atoms with Gasteiger partial charge in [-0.2, -0.15) is 0 Å². The molecule has 0 aliphatic heterocycles. The highest BCUT2D eigenvalue weighted by Crippen LogP contribution is 2.43. The summed E-state index contributed by atoms with van der Waals surface area (Å²) in [4.78, 5) is 0. The van der Waals surface area contributed by atoms with Crippen molar-refractivity contribution in [3.05, 3.63) is 22.9 Å². The van der Waals surface area contributed by atoms with Crippen LogP contribution in [0.5, 0.6) is 0 Å². The van der Waals surface area contributed by atoms with Gasteiger partial charge in [0.1, 0.15) is 8.07 Å². The highest BCUT2D eigenvalue weighted by Gasteiger charge is 2.35. The average molecular weight is 361 g/mol. The van der Waals surface area contributed by atoms with Gasteiger partial charge < -0.3 is 0 Å². The van der Waals surface area contributed by atoms with E-state index in [1.807, 2.05) is 0 Å². The van der Waals surface area contributed by atoms with Crippen LogP contribution >= 0.6 is 0 Å². The second-order valence-corrected chi connectivity index (χ2v) is 19.8. The Labute approximate surface area is 154 Å². The summed E-state index contributed by atoms with van der Waals surface area (Å²) in [6.45, 7) is 19.2. The van der Waals surface area contributed by atoms with Gasteiger partial charge in [-0.05, 0) is 19.3 Å². The SMILES string of the molecule is CC1(C)C=CC(CCCCCCCC#C[Si](C)(C)C)=C1[Si](C)(C)C. The predicted molar refractivity (Wildman–Crippen MR) is 117 cm³/mol. The van der Waals surface area contributed by atoms with E-state index in [1.165, 1.54) is 38.5 Å². The number of hydrogen-bond donors (Lipinski definition) is 0. The van der Waals surface area contributed by atoms with Gasteiger partial charge in [-0.3, -0.25) is 0 Å². The molecule has 0 radical (unpaired) electrons. The lowest BCUT2D eigenvalue weighted by Gasteiger charge is -2.32. The van der Waals surface area contributed by atoms with Gasteiger partial charge in [-0.15, -0.1) is 11.5 Å². The van der Waals surface area contributed by atoms with Crippen molar-refractivity contribution in [2.45, 2.75) is 98.1 Å². The van der Waals surface area contributed by atoms with E-state index in [1.54, 1.807) is 10.8 Å². The van der Waals surface area contributed by atoms with E-state index < -0.39 is 16.1 Å². The van der Waals surface area contributed by atoms with Crippen LogP contribution in [0.3, 0.4) is 0 Å². The summed E-state index contributed by atoms with van der Waals surface area (Å²) < 4.78 is 0. The Morgan fingerprint density at radius 1 is 0.875 bits per heavy atom. The molecule has 0 heterocycles. The van der Waals surface area contributed by atoms with Crippen molar-refractivity contribution in [3.8, 4) is 11.5 Å². The fourth-order valence-corrected chi connectivity index (χ4v) is 7.78. The van der Waals surface area contributed by atoms with Gasteiger partial charge >= 0.3 is 0 Å². The van der Waals surface area contributed by atoms with Crippen LogP contribution in [0, 0.1) is 16.9 Å². The maximum atomic E-state index is 3.47. The zero-order valence-corrected chi connectivity index (χ0v) is 19.6. The van der Waals surface area contributed by atoms with Gasteiger partial charge in [-0.1, -0.05) is 95.3 Å². The van der Waals surface area contributed by atoms with Gasteiger partial charge in [0, 0.05) is 11.8 Å². The van der Waals surface area contributed by atoms with Crippen LogP contribution in [-0.2, 0) is 0 Å². The van der Waals surface area contributed by atoms with Crippen molar-refractivity contribution < 1.29 is 0 Å². The Kier molecular flexibility index (Phi) is 7.82. The molecule has 136 valence electrons. The van der Waals surface area contributed by atoms with Crippen molar-refractivity contribution in [2.75, 3.05) is 0 Å². The summed E-state index contributed by atoms with van der Waals surface area (Å²) in [5.74, 6) is 3.39. The molecule has 0 amide bonds. The number of rotatable bonds is 8. The van der Waals surface area contributed by atoms with Gasteiger partial charge in [0.15, 0.2) is 0 Å². The molecule has 2 heteroatoms. The first-order chi connectivity index (χ1) is 10.9. The van der Waals surface area contributed by atoms with E-state index >= 15 is 0 Å². The van der Waals surface area contributed by atoms with Gasteiger partial charge in [0.25, 0.3) is 0 Å². The average Bonchev–Trinajstić information content (AvgIpc) is 2.70. The van der Waals surface area contributed by atoms with E-state index in [0.29, 0.717) is 5.41 Å². The minimum Gasteiger partial charge on any atom is -0.132 e. The normalized spacial score (nSPS) is 17.2. The van der Waals surface area contributed by atoms with Crippen LogP contribution < -0.4 is 0 Å². The summed E-state index contributed by atoms with van der Waals surface area (Å²) in [7, 11) is -2.38. The summed E-state index contributed by atoms with van der Waals surface area (Å²) in [5, 5.41) is 1.79. The minimum atomic E-state index is -1.22. The number of hydrogen-bond acceptors (Lipinski definition) is 0. The standard InChI is InChI=1S/C22H40Si2/c1-22(2)18-17-20(21(22)24(6,7)8)16-14-12-10-9-11-13-15-19-23(3,4)5/h17-18H,9-14,16H2,1-8H3. The second-order valence-electron chi connectivity index (χ2n) is 10.0. The molecule has 0 bridgehead atoms. The topological polar surface area (TPSA) is 0 Å². The molecule has 1 rings (SSSR count). The molecule has 1 aliphatic carbocycles. The highest BCUT2D eigenvalue weighted by molar-refractivity contribution is 6.84. The first kappa shape index (κ1) is 21.5. The molecule has 24 heavy (non-hydrogen) atoms. The Bertz CT molecular complexity index is 525. The van der Waals surface area contributed by atoms with E-state index in [9.17, 15) is 0 Å². The van der Waals surface area contributed by atoms with Crippen molar-refractivity contribution in [1.82, 2.24) is 0 Å². The molecule has 0 N–H and O–H groups in total. The molecule has 0 saturated carbocycles. The lowest BCUT2D eigenvalue weighted by molar-refractivity contribution is 0.602. The van der Waals surface area contributed by atoms with Crippen LogP contribution in [0.4, 0.5) is 0 Å². The summed E-state index contributed by atoms with van der Waals surface area (Å²) in [5.41, 5.74) is 5.43. The van der Waals surface area contributed by atoms with E-state index in [-0.39, 0.29) is 0 Å². The minimum absolute atomic E-state index is 0.300. The fourth-order valence-electron chi connectivity index (χ4n) is 3.93. The van der Waals surface area contributed by atoms with E-state index in [0.717, 1.165) is 6.42 Å². The van der Waals surface area contributed by atoms with Crippen molar-refractivity contribution in [1.29, 1.82) is 0 Å². The zero-order chi connectivity index (χ0) is 18.4. The lowest BCUT2D eigenvalue weighted by Crippen LogP contribution is -2.32. The third-order valence-corrected chi connectivity index (χ3v) is 8.02. The highest BCUT2D eigenvalue weighted by atomic mass is 28.3. The Hall–Kier alpha value is -0.526. The molecule has 0 spiro atoms. The first-order valence-corrected chi connectivity index (χ1v) is 16.9. The Morgan fingerprint density at radius 2 is 1.46 bits per heavy atom. The van der Waals surface area contributed by atoms with Crippen molar-refractivity contribution in [3.63, 3.8) is 0 Å². The molecule has 0 aromatic carbocycles. The Morgan fingerprint density at radius 3 is 2.04 bits per heavy atom. The van der Waals surface area contributed by atoms with Gasteiger partial charge in [0.05, 0.1) is 8.07 Å². The molecule has 0 fully saturated rings. The monoisotopic (exact) mass is 360 g/mol. The van der Waals surface area contributed by atoms with Gasteiger partial charge in [-0.25, -0.2) is 0 Å². The predicted octanol–water partition coefficient (Wildman–Crippen LogP) is 7.37. The molecule has 0 saturated heterocycles. The molecular weight excluding hydrogens is 320 g/mol. The summed E-state index contributed by atoms with van der Waals surface area (Å²) in [6.07, 6.45) is 14.0. The molecular formula is C22H40Si2. The summed E-state index contributed by atoms with van der Waals surface area (Å²) >= 11 is 0. The van der Waals surface area contributed by atoms with Crippen molar-refractivity contribution >= 4 is 16.1 Å². The molecule has 0 atom stereocenters. The fraction of sp³-hybridized carbons (Fsp3) is 0.727. The molecule has 0 aromatic heterocycles. The van der Waals surface area contributed by atoms with Crippen LogP contribution in [0.2, 0.25) is 39.3 Å². The van der Waals surface area contributed by atoms with Crippen LogP contribution in [0.1, 0.15) is 58.8 Å². The van der Waals surface area contributed by atoms with Gasteiger partial charge in [0.2, 0.25) is 0 Å². The van der Waals surface area contributed by atoms with Crippen LogP contribution in [0.15, 0.2) is 22.9 Å². The number of unbranched alkanes of at least 4 members (excludes halogenated alkanes) is 5. The maximum Gasteiger partial charge on any atom is 0.129 e. The maximum absolute atomic E-state index is 3.47. The molecule has 0 nitrogen and oxygen atoms in total. The molecule has 0 unspecified atom stereocenters. The summed E-state index contributed by atoms with van der Waals surface area (Å²) in [6, 6.07) is 0. The first-order valence-electron chi connectivity index (χ1n) is 9.87. The third kappa shape index (κ3) is 7.57. The Balaban J connectivity index is 2.30. The van der Waals surface area contributed by atoms with E-state index in [2.05, 4.69) is 76.7 Å². The third-order valence-electron chi connectivity index (χ3n) is 4.63. The molecule has 0 aromatic rings. The van der Waals surface area contributed by atoms with Crippen LogP contribution in [-0.4, -0.2) is 16.1 Å².